The van der Waals surface area contributed by atoms with E-state index >= 15 is 0 Å². The minimum atomic E-state index is -0.535. The number of rotatable bonds is 6. The van der Waals surface area contributed by atoms with Crippen LogP contribution in [-0.2, 0) is 24.3 Å². The Bertz CT molecular complexity index is 1480. The van der Waals surface area contributed by atoms with Crippen molar-refractivity contribution >= 4 is 29.3 Å². The maximum Gasteiger partial charge on any atom is 0.317 e. The van der Waals surface area contributed by atoms with Crippen LogP contribution in [0, 0.1) is 5.82 Å². The quantitative estimate of drug-likeness (QED) is 0.501. The van der Waals surface area contributed by atoms with E-state index in [0.717, 1.165) is 6.20 Å². The van der Waals surface area contributed by atoms with Gasteiger partial charge in [-0.1, -0.05) is 6.92 Å². The second-order valence-corrected chi connectivity index (χ2v) is 9.81. The summed E-state index contributed by atoms with van der Waals surface area (Å²) >= 11 is 0. The largest absolute Gasteiger partial charge is 0.336 e. The number of carbonyl (C=O) groups excluding carboxylic acids is 3. The Morgan fingerprint density at radius 2 is 2.03 bits per heavy atom. The minimum absolute atomic E-state index is 0.0123. The van der Waals surface area contributed by atoms with Crippen molar-refractivity contribution in [1.82, 2.24) is 34.3 Å². The van der Waals surface area contributed by atoms with Crippen molar-refractivity contribution in [3.8, 4) is 0 Å². The summed E-state index contributed by atoms with van der Waals surface area (Å²) in [5.74, 6) is -1.25. The number of hydrogen-bond donors (Lipinski definition) is 2. The standard InChI is InChI=1S/C25H29FN8O4/c1-4-16-9-21-33(13-20(35)29-19-6-5-15(26)10-27-19)22-18(23(36)34(21)30-16)12-32(24(22)37)17-7-8-31(11-17)25(38)28-14(2)3/h5-6,9-10,14,17H,4,7-8,11-13H2,1-3H3,(H,28,38)(H,27,29,35)/t17-/m0/s1. The predicted molar refractivity (Wildman–Crippen MR) is 135 cm³/mol. The lowest BCUT2D eigenvalue weighted by Crippen LogP contribution is -2.44. The molecule has 1 atom stereocenters. The lowest BCUT2D eigenvalue weighted by molar-refractivity contribution is -0.116. The van der Waals surface area contributed by atoms with Crippen LogP contribution in [0.5, 0.6) is 0 Å². The summed E-state index contributed by atoms with van der Waals surface area (Å²) < 4.78 is 15.9. The molecule has 5 heterocycles. The van der Waals surface area contributed by atoms with Crippen LogP contribution in [0.4, 0.5) is 15.0 Å². The molecule has 0 spiro atoms. The van der Waals surface area contributed by atoms with Gasteiger partial charge in [0, 0.05) is 25.2 Å². The number of aryl methyl sites for hydroxylation is 1. The number of anilines is 1. The number of nitrogens with one attached hydrogen (secondary N) is 2. The van der Waals surface area contributed by atoms with Crippen LogP contribution in [0.1, 0.15) is 48.9 Å². The van der Waals surface area contributed by atoms with Gasteiger partial charge in [0.05, 0.1) is 30.0 Å². The van der Waals surface area contributed by atoms with Gasteiger partial charge in [-0.15, -0.1) is 0 Å². The molecule has 0 radical (unpaired) electrons. The second kappa shape index (κ2) is 9.88. The number of fused-ring (bicyclic) bond motifs is 2. The first-order chi connectivity index (χ1) is 18.2. The number of aromatic nitrogens is 4. The fourth-order valence-electron chi connectivity index (χ4n) is 4.95. The van der Waals surface area contributed by atoms with Gasteiger partial charge in [-0.3, -0.25) is 14.4 Å². The van der Waals surface area contributed by atoms with E-state index in [4.69, 9.17) is 0 Å². The number of pyridine rings is 1. The van der Waals surface area contributed by atoms with Crippen LogP contribution in [0.15, 0.2) is 29.2 Å². The van der Waals surface area contributed by atoms with Gasteiger partial charge in [-0.2, -0.15) is 9.61 Å². The molecule has 0 unspecified atom stereocenters. The third-order valence-corrected chi connectivity index (χ3v) is 6.78. The van der Waals surface area contributed by atoms with E-state index < -0.39 is 17.3 Å². The Hall–Kier alpha value is -4.29. The van der Waals surface area contributed by atoms with Crippen LogP contribution < -0.4 is 16.2 Å². The summed E-state index contributed by atoms with van der Waals surface area (Å²) in [5, 5.41) is 9.85. The fraction of sp³-hybridized carbons (Fsp3) is 0.440. The monoisotopic (exact) mass is 524 g/mol. The number of nitrogens with zero attached hydrogens (tertiary/aromatic N) is 6. The highest BCUT2D eigenvalue weighted by Crippen LogP contribution is 2.28. The van der Waals surface area contributed by atoms with E-state index in [0.29, 0.717) is 37.3 Å². The first-order valence-corrected chi connectivity index (χ1v) is 12.6. The Morgan fingerprint density at radius 3 is 2.71 bits per heavy atom. The summed E-state index contributed by atoms with van der Waals surface area (Å²) in [6.45, 7) is 6.27. The lowest BCUT2D eigenvalue weighted by Gasteiger charge is -2.24. The average Bonchev–Trinajstić information content (AvgIpc) is 3.60. The number of likely N-dealkylation sites (tertiary alicyclic amines) is 1. The van der Waals surface area contributed by atoms with E-state index in [9.17, 15) is 23.6 Å². The van der Waals surface area contributed by atoms with Crippen LogP contribution in [0.25, 0.3) is 5.65 Å². The zero-order chi connectivity index (χ0) is 27.1. The number of hydrogen-bond acceptors (Lipinski definition) is 6. The van der Waals surface area contributed by atoms with E-state index in [1.807, 2.05) is 20.8 Å². The highest BCUT2D eigenvalue weighted by Gasteiger charge is 2.41. The molecule has 12 nitrogen and oxygen atoms in total. The van der Waals surface area contributed by atoms with E-state index in [-0.39, 0.29) is 54.2 Å². The zero-order valence-electron chi connectivity index (χ0n) is 21.4. The van der Waals surface area contributed by atoms with Crippen LogP contribution in [0.2, 0.25) is 0 Å². The van der Waals surface area contributed by atoms with Gasteiger partial charge in [0.15, 0.2) is 0 Å². The molecule has 200 valence electrons. The van der Waals surface area contributed by atoms with Crippen molar-refractivity contribution in [2.45, 2.75) is 58.8 Å². The maximum atomic E-state index is 13.7. The molecule has 0 saturated carbocycles. The first kappa shape index (κ1) is 25.4. The number of urea groups is 1. The van der Waals surface area contributed by atoms with Gasteiger partial charge >= 0.3 is 6.03 Å². The second-order valence-electron chi connectivity index (χ2n) is 9.81. The Labute approximate surface area is 217 Å². The molecule has 2 aliphatic rings. The Balaban J connectivity index is 1.46. The van der Waals surface area contributed by atoms with Crippen LogP contribution in [-0.4, -0.2) is 72.0 Å². The Kier molecular flexibility index (Phi) is 6.59. The molecule has 3 aromatic heterocycles. The third-order valence-electron chi connectivity index (χ3n) is 6.78. The SMILES string of the molecule is CCc1cc2n(CC(=O)Nc3ccc(F)cn3)c3c(c(=O)n2n1)CN([C@H]1CCN(C(=O)NC(C)C)C1)C3=O. The molecule has 0 aliphatic carbocycles. The molecule has 1 saturated heterocycles. The number of halogens is 1. The highest BCUT2D eigenvalue weighted by atomic mass is 19.1. The molecule has 1 fully saturated rings. The molecule has 38 heavy (non-hydrogen) atoms. The normalized spacial score (nSPS) is 17.0. The summed E-state index contributed by atoms with van der Waals surface area (Å²) in [7, 11) is 0. The molecule has 0 bridgehead atoms. The fourth-order valence-corrected chi connectivity index (χ4v) is 4.95. The number of carbonyl (C=O) groups is 3. The maximum absolute atomic E-state index is 13.7. The van der Waals surface area contributed by atoms with Crippen LogP contribution >= 0.6 is 0 Å². The molecule has 0 aromatic carbocycles. The molecular formula is C25H29FN8O4. The molecule has 3 aromatic rings. The molecule has 2 aliphatic heterocycles. The summed E-state index contributed by atoms with van der Waals surface area (Å²) in [6.07, 6.45) is 2.13. The molecular weight excluding hydrogens is 495 g/mol. The first-order valence-electron chi connectivity index (χ1n) is 12.6. The summed E-state index contributed by atoms with van der Waals surface area (Å²) in [4.78, 5) is 59.7. The van der Waals surface area contributed by atoms with Crippen molar-refractivity contribution in [1.29, 1.82) is 0 Å². The van der Waals surface area contributed by atoms with Crippen molar-refractivity contribution in [3.63, 3.8) is 0 Å². The molecule has 5 rings (SSSR count). The minimum Gasteiger partial charge on any atom is -0.336 e. The number of amides is 4. The van der Waals surface area contributed by atoms with Crippen molar-refractivity contribution < 1.29 is 18.8 Å². The molecule has 4 amide bonds. The molecule has 13 heteroatoms. The van der Waals surface area contributed by atoms with Crippen LogP contribution in [0.3, 0.4) is 0 Å². The average molecular weight is 525 g/mol. The highest BCUT2D eigenvalue weighted by molar-refractivity contribution is 5.99. The van der Waals surface area contributed by atoms with Gasteiger partial charge < -0.3 is 25.0 Å². The smallest absolute Gasteiger partial charge is 0.317 e. The van der Waals surface area contributed by atoms with Crippen molar-refractivity contribution in [2.75, 3.05) is 18.4 Å². The van der Waals surface area contributed by atoms with Gasteiger partial charge in [-0.05, 0) is 38.8 Å². The zero-order valence-corrected chi connectivity index (χ0v) is 21.4. The van der Waals surface area contributed by atoms with Crippen molar-refractivity contribution in [3.05, 3.63) is 57.5 Å². The third kappa shape index (κ3) is 4.59. The van der Waals surface area contributed by atoms with Crippen molar-refractivity contribution in [2.24, 2.45) is 0 Å². The van der Waals surface area contributed by atoms with E-state index in [1.54, 1.807) is 15.9 Å². The topological polar surface area (TPSA) is 134 Å². The predicted octanol–water partition coefficient (Wildman–Crippen LogP) is 1.38. The summed E-state index contributed by atoms with van der Waals surface area (Å²) in [6, 6.07) is 3.73. The summed E-state index contributed by atoms with van der Waals surface area (Å²) in [5.41, 5.74) is 0.956. The van der Waals surface area contributed by atoms with Gasteiger partial charge in [0.1, 0.15) is 29.5 Å². The van der Waals surface area contributed by atoms with E-state index in [1.165, 1.54) is 21.2 Å². The van der Waals surface area contributed by atoms with Gasteiger partial charge in [0.25, 0.3) is 11.5 Å². The lowest BCUT2D eigenvalue weighted by atomic mass is 10.2. The Morgan fingerprint density at radius 1 is 1.24 bits per heavy atom. The van der Waals surface area contributed by atoms with Gasteiger partial charge in [0.2, 0.25) is 5.91 Å². The van der Waals surface area contributed by atoms with Gasteiger partial charge in [-0.25, -0.2) is 14.2 Å². The van der Waals surface area contributed by atoms with E-state index in [2.05, 4.69) is 20.7 Å². The molecule has 2 N–H and O–H groups in total.